The lowest BCUT2D eigenvalue weighted by Crippen LogP contribution is -2.19. The van der Waals surface area contributed by atoms with Crippen LogP contribution in [0.1, 0.15) is 25.3 Å². The minimum absolute atomic E-state index is 0.00238. The molecule has 3 heterocycles. The minimum atomic E-state index is -4.56. The van der Waals surface area contributed by atoms with Crippen molar-refractivity contribution in [2.75, 3.05) is 11.1 Å². The summed E-state index contributed by atoms with van der Waals surface area (Å²) in [4.78, 5) is 8.08. The molecule has 1 aliphatic rings. The second-order valence-corrected chi connectivity index (χ2v) is 9.87. The van der Waals surface area contributed by atoms with Crippen LogP contribution in [0.25, 0.3) is 23.0 Å². The molecule has 13 heteroatoms. The van der Waals surface area contributed by atoms with E-state index in [1.807, 2.05) is 0 Å². The molecule has 0 aromatic carbocycles. The molecular formula is C20H18F3N7O2S. The average Bonchev–Trinajstić information content (AvgIpc) is 3.46. The standard InChI is InChI=1S/C20H18F3N7O2S/c1-3-33(31,32)15-9-13(27-19(11-24)5-6-19)10-26-16(15)18-29-28-17(30(18)2)14-8-12(4-7-25-14)20(21,22)23/h4,7-10,27H,3,5-6H2,1-2H3. The topological polar surface area (TPSA) is 126 Å². The van der Waals surface area contributed by atoms with E-state index >= 15 is 0 Å². The van der Waals surface area contributed by atoms with Crippen molar-refractivity contribution in [3.05, 3.63) is 36.2 Å². The Labute approximate surface area is 187 Å². The maximum atomic E-state index is 13.1. The largest absolute Gasteiger partial charge is 0.416 e. The second kappa shape index (κ2) is 7.80. The fraction of sp³-hybridized carbons (Fsp3) is 0.350. The number of rotatable bonds is 6. The van der Waals surface area contributed by atoms with Crippen LogP contribution >= 0.6 is 0 Å². The average molecular weight is 477 g/mol. The Balaban J connectivity index is 1.80. The highest BCUT2D eigenvalue weighted by Crippen LogP contribution is 2.39. The van der Waals surface area contributed by atoms with Gasteiger partial charge in [0.15, 0.2) is 21.5 Å². The molecule has 1 aliphatic carbocycles. The van der Waals surface area contributed by atoms with Gasteiger partial charge in [-0.25, -0.2) is 13.4 Å². The Hall–Kier alpha value is -3.53. The summed E-state index contributed by atoms with van der Waals surface area (Å²) >= 11 is 0. The van der Waals surface area contributed by atoms with Gasteiger partial charge in [-0.05, 0) is 31.0 Å². The number of pyridine rings is 2. The van der Waals surface area contributed by atoms with E-state index in [4.69, 9.17) is 0 Å². The molecule has 33 heavy (non-hydrogen) atoms. The number of alkyl halides is 3. The van der Waals surface area contributed by atoms with E-state index in [2.05, 4.69) is 31.6 Å². The van der Waals surface area contributed by atoms with Crippen LogP contribution < -0.4 is 5.32 Å². The van der Waals surface area contributed by atoms with Crippen molar-refractivity contribution in [2.24, 2.45) is 7.05 Å². The molecule has 0 spiro atoms. The molecule has 0 amide bonds. The molecule has 0 aliphatic heterocycles. The molecule has 0 atom stereocenters. The molecular weight excluding hydrogens is 459 g/mol. The molecule has 0 bridgehead atoms. The van der Waals surface area contributed by atoms with E-state index in [9.17, 15) is 26.9 Å². The summed E-state index contributed by atoms with van der Waals surface area (Å²) in [5, 5.41) is 20.2. The molecule has 172 valence electrons. The van der Waals surface area contributed by atoms with Gasteiger partial charge >= 0.3 is 6.18 Å². The third-order valence-corrected chi connectivity index (χ3v) is 7.06. The predicted octanol–water partition coefficient (Wildman–Crippen LogP) is 3.22. The number of hydrogen-bond acceptors (Lipinski definition) is 8. The molecule has 9 nitrogen and oxygen atoms in total. The number of nitriles is 1. The van der Waals surface area contributed by atoms with E-state index in [1.54, 1.807) is 0 Å². The first kappa shape index (κ1) is 22.7. The monoisotopic (exact) mass is 477 g/mol. The summed E-state index contributed by atoms with van der Waals surface area (Å²) in [7, 11) is -2.29. The van der Waals surface area contributed by atoms with Crippen molar-refractivity contribution in [2.45, 2.75) is 36.4 Å². The van der Waals surface area contributed by atoms with Gasteiger partial charge in [-0.3, -0.25) is 4.98 Å². The van der Waals surface area contributed by atoms with Gasteiger partial charge in [0.25, 0.3) is 0 Å². The Kier molecular flexibility index (Phi) is 5.36. The summed E-state index contributed by atoms with van der Waals surface area (Å²) < 4.78 is 66.2. The first-order valence-corrected chi connectivity index (χ1v) is 11.5. The fourth-order valence-electron chi connectivity index (χ4n) is 3.23. The molecule has 1 fully saturated rings. The van der Waals surface area contributed by atoms with E-state index < -0.39 is 27.1 Å². The van der Waals surface area contributed by atoms with Crippen LogP contribution in [0.2, 0.25) is 0 Å². The maximum absolute atomic E-state index is 13.1. The first-order valence-electron chi connectivity index (χ1n) is 9.85. The van der Waals surface area contributed by atoms with E-state index in [0.29, 0.717) is 18.5 Å². The summed E-state index contributed by atoms with van der Waals surface area (Å²) in [6, 6.07) is 5.23. The number of hydrogen-bond donors (Lipinski definition) is 1. The van der Waals surface area contributed by atoms with Gasteiger partial charge in [-0.2, -0.15) is 18.4 Å². The zero-order chi connectivity index (χ0) is 24.0. The highest BCUT2D eigenvalue weighted by atomic mass is 32.2. The number of sulfone groups is 1. The smallest absolute Gasteiger partial charge is 0.366 e. The van der Waals surface area contributed by atoms with Crippen LogP contribution in [-0.4, -0.2) is 44.4 Å². The minimum Gasteiger partial charge on any atom is -0.366 e. The Morgan fingerprint density at radius 1 is 1.21 bits per heavy atom. The summed E-state index contributed by atoms with van der Waals surface area (Å²) in [6.45, 7) is 1.48. The highest BCUT2D eigenvalue weighted by molar-refractivity contribution is 7.91. The van der Waals surface area contributed by atoms with Gasteiger partial charge < -0.3 is 9.88 Å². The lowest BCUT2D eigenvalue weighted by atomic mass is 10.2. The van der Waals surface area contributed by atoms with E-state index in [0.717, 1.165) is 18.3 Å². The molecule has 0 unspecified atom stereocenters. The quantitative estimate of drug-likeness (QED) is 0.574. The van der Waals surface area contributed by atoms with Crippen molar-refractivity contribution >= 4 is 15.5 Å². The number of nitrogens with one attached hydrogen (secondary N) is 1. The second-order valence-electron chi connectivity index (χ2n) is 7.63. The molecule has 1 saturated carbocycles. The van der Waals surface area contributed by atoms with Gasteiger partial charge in [0, 0.05) is 13.2 Å². The number of nitrogens with zero attached hydrogens (tertiary/aromatic N) is 6. The lowest BCUT2D eigenvalue weighted by Gasteiger charge is -2.14. The Morgan fingerprint density at radius 2 is 1.91 bits per heavy atom. The number of halogens is 3. The third kappa shape index (κ3) is 4.25. The Bertz CT molecular complexity index is 1370. The van der Waals surface area contributed by atoms with E-state index in [-0.39, 0.29) is 33.7 Å². The van der Waals surface area contributed by atoms with Crippen LogP contribution in [0.4, 0.5) is 18.9 Å². The normalized spacial score (nSPS) is 15.2. The van der Waals surface area contributed by atoms with Crippen molar-refractivity contribution in [1.29, 1.82) is 5.26 Å². The number of anilines is 1. The van der Waals surface area contributed by atoms with Crippen LogP contribution in [0, 0.1) is 11.3 Å². The van der Waals surface area contributed by atoms with Crippen molar-refractivity contribution in [3.8, 4) is 29.1 Å². The zero-order valence-corrected chi connectivity index (χ0v) is 18.4. The van der Waals surface area contributed by atoms with Crippen LogP contribution in [-0.2, 0) is 23.1 Å². The maximum Gasteiger partial charge on any atom is 0.416 e. The van der Waals surface area contributed by atoms with Crippen LogP contribution in [0.3, 0.4) is 0 Å². The van der Waals surface area contributed by atoms with Gasteiger partial charge in [0.1, 0.15) is 16.9 Å². The van der Waals surface area contributed by atoms with Crippen molar-refractivity contribution in [1.82, 2.24) is 24.7 Å². The van der Waals surface area contributed by atoms with Gasteiger partial charge in [-0.1, -0.05) is 6.92 Å². The van der Waals surface area contributed by atoms with Gasteiger partial charge in [0.05, 0.1) is 34.2 Å². The molecule has 3 aromatic rings. The third-order valence-electron chi connectivity index (χ3n) is 5.32. The molecule has 0 saturated heterocycles. The summed E-state index contributed by atoms with van der Waals surface area (Å²) in [5.74, 6) is -0.153. The van der Waals surface area contributed by atoms with Crippen molar-refractivity contribution < 1.29 is 21.6 Å². The summed E-state index contributed by atoms with van der Waals surface area (Å²) in [6.07, 6.45) is -0.886. The zero-order valence-electron chi connectivity index (χ0n) is 17.5. The predicted molar refractivity (Wildman–Crippen MR) is 111 cm³/mol. The van der Waals surface area contributed by atoms with Crippen LogP contribution in [0.15, 0.2) is 35.5 Å². The Morgan fingerprint density at radius 3 is 2.52 bits per heavy atom. The van der Waals surface area contributed by atoms with Crippen LogP contribution in [0.5, 0.6) is 0 Å². The molecule has 0 radical (unpaired) electrons. The fourth-order valence-corrected chi connectivity index (χ4v) is 4.28. The lowest BCUT2D eigenvalue weighted by molar-refractivity contribution is -0.137. The van der Waals surface area contributed by atoms with Crippen molar-refractivity contribution in [3.63, 3.8) is 0 Å². The number of aromatic nitrogens is 5. The summed E-state index contributed by atoms with van der Waals surface area (Å²) in [5.41, 5.74) is -1.34. The van der Waals surface area contributed by atoms with Gasteiger partial charge in [-0.15, -0.1) is 10.2 Å². The molecule has 4 rings (SSSR count). The molecule has 3 aromatic heterocycles. The first-order chi connectivity index (χ1) is 15.5. The van der Waals surface area contributed by atoms with E-state index in [1.165, 1.54) is 30.8 Å². The SMILES string of the molecule is CCS(=O)(=O)c1cc(NC2(C#N)CC2)cnc1-c1nnc(-c2cc(C(F)(F)F)ccn2)n1C. The highest BCUT2D eigenvalue weighted by Gasteiger charge is 2.43. The molecule has 1 N–H and O–H groups in total. The van der Waals surface area contributed by atoms with Gasteiger partial charge in [0.2, 0.25) is 0 Å².